The van der Waals surface area contributed by atoms with Crippen molar-refractivity contribution in [1.29, 1.82) is 0 Å². The second-order valence-corrected chi connectivity index (χ2v) is 7.03. The minimum Gasteiger partial charge on any atom is -0.483 e. The molecular weight excluding hydrogens is 384 g/mol. The normalized spacial score (nSPS) is 15.7. The summed E-state index contributed by atoms with van der Waals surface area (Å²) in [6.45, 7) is 11.1. The largest absolute Gasteiger partial charge is 0.483 e. The molecule has 1 aliphatic heterocycles. The van der Waals surface area contributed by atoms with Gasteiger partial charge in [-0.25, -0.2) is 4.98 Å². The number of nitrogens with one attached hydrogen (secondary N) is 1. The first-order valence-electron chi connectivity index (χ1n) is 9.27. The zero-order valence-corrected chi connectivity index (χ0v) is 16.8. The highest BCUT2D eigenvalue weighted by Crippen LogP contribution is 2.40. The van der Waals surface area contributed by atoms with Gasteiger partial charge in [0.1, 0.15) is 11.9 Å². The summed E-state index contributed by atoms with van der Waals surface area (Å²) in [7, 11) is 1.63. The van der Waals surface area contributed by atoms with Crippen LogP contribution in [0.25, 0.3) is 16.0 Å². The van der Waals surface area contributed by atoms with E-state index in [0.717, 1.165) is 11.1 Å². The Morgan fingerprint density at radius 3 is 2.90 bits per heavy atom. The van der Waals surface area contributed by atoms with Gasteiger partial charge >= 0.3 is 0 Å². The number of rotatable bonds is 0. The smallest absolute Gasteiger partial charge is 0.263 e. The molecule has 30 heavy (non-hydrogen) atoms. The number of carbonyl (C=O) groups is 1. The lowest BCUT2D eigenvalue weighted by Crippen LogP contribution is -2.21. The minimum absolute atomic E-state index is 0.217. The van der Waals surface area contributed by atoms with Gasteiger partial charge < -0.3 is 25.4 Å². The maximum absolute atomic E-state index is 12.6. The van der Waals surface area contributed by atoms with Gasteiger partial charge in [0.2, 0.25) is 0 Å². The number of anilines is 2. The van der Waals surface area contributed by atoms with Crippen LogP contribution in [0, 0.1) is 13.5 Å². The van der Waals surface area contributed by atoms with Gasteiger partial charge in [-0.2, -0.15) is 4.68 Å². The highest BCUT2D eigenvalue weighted by molar-refractivity contribution is 5.98. The molecule has 0 radical (unpaired) electrons. The van der Waals surface area contributed by atoms with Crippen LogP contribution < -0.4 is 20.5 Å². The van der Waals surface area contributed by atoms with Gasteiger partial charge in [0.15, 0.2) is 24.0 Å². The summed E-state index contributed by atoms with van der Waals surface area (Å²) >= 11 is 0. The van der Waals surface area contributed by atoms with E-state index in [1.807, 2.05) is 26.0 Å². The molecule has 1 atom stereocenters. The van der Waals surface area contributed by atoms with Gasteiger partial charge in [-0.1, -0.05) is 23.3 Å². The van der Waals surface area contributed by atoms with Crippen molar-refractivity contribution < 1.29 is 14.3 Å². The Morgan fingerprint density at radius 1 is 1.33 bits per heavy atom. The van der Waals surface area contributed by atoms with Crippen molar-refractivity contribution in [3.63, 3.8) is 0 Å². The molecule has 9 heteroatoms. The molecule has 1 aromatic carbocycles. The molecule has 0 saturated carbocycles. The Bertz CT molecular complexity index is 1190. The fourth-order valence-corrected chi connectivity index (χ4v) is 3.37. The van der Waals surface area contributed by atoms with Crippen LogP contribution in [0.5, 0.6) is 11.5 Å². The van der Waals surface area contributed by atoms with Crippen molar-refractivity contribution >= 4 is 23.4 Å². The number of hydrogen-bond donors (Lipinski definition) is 2. The quantitative estimate of drug-likeness (QED) is 0.556. The Labute approximate surface area is 173 Å². The lowest BCUT2D eigenvalue weighted by Gasteiger charge is -2.20. The van der Waals surface area contributed by atoms with E-state index >= 15 is 0 Å². The number of pyridine rings is 1. The summed E-state index contributed by atoms with van der Waals surface area (Å²) < 4.78 is 13.3. The fourth-order valence-electron chi connectivity index (χ4n) is 3.37. The minimum atomic E-state index is -0.420. The molecule has 2 aromatic heterocycles. The van der Waals surface area contributed by atoms with E-state index in [-0.39, 0.29) is 24.1 Å². The van der Waals surface area contributed by atoms with Crippen molar-refractivity contribution in [2.24, 2.45) is 7.05 Å². The number of amides is 1. The Balaban J connectivity index is 1.90. The summed E-state index contributed by atoms with van der Waals surface area (Å²) in [5, 5.41) is 7.02. The molecule has 0 saturated heterocycles. The van der Waals surface area contributed by atoms with Crippen molar-refractivity contribution in [3.8, 4) is 22.6 Å². The molecule has 1 amide bonds. The standard InChI is InChI=1S/C21H20N6O3/c1-11-5-6-15-14(7-11)12(2)30-16-8-13(9-24-19(16)22)18-20(25-17(28)10-29-15)26-27(4)21(18)23-3/h5-9,12H,10H2,1-2,4H3,(H2,22,24)(H,25,26,28)/t12-/m1/s1. The van der Waals surface area contributed by atoms with Gasteiger partial charge in [-0.3, -0.25) is 4.79 Å². The van der Waals surface area contributed by atoms with Crippen molar-refractivity contribution in [1.82, 2.24) is 14.8 Å². The van der Waals surface area contributed by atoms with E-state index in [9.17, 15) is 4.79 Å². The molecular formula is C21H20N6O3. The fraction of sp³-hybridized carbons (Fsp3) is 0.238. The molecule has 152 valence electrons. The number of nitrogens with zero attached hydrogens (tertiary/aromatic N) is 4. The lowest BCUT2D eigenvalue weighted by molar-refractivity contribution is -0.118. The molecule has 0 unspecified atom stereocenters. The Hall–Kier alpha value is -4.06. The number of fused-ring (bicyclic) bond motifs is 5. The molecule has 3 heterocycles. The van der Waals surface area contributed by atoms with Gasteiger partial charge in [0.05, 0.1) is 12.6 Å². The van der Waals surface area contributed by atoms with E-state index in [2.05, 4.69) is 20.2 Å². The lowest BCUT2D eigenvalue weighted by atomic mass is 10.1. The monoisotopic (exact) mass is 404 g/mol. The number of ether oxygens (including phenoxy) is 2. The number of benzene rings is 1. The zero-order chi connectivity index (χ0) is 21.4. The average molecular weight is 404 g/mol. The van der Waals surface area contributed by atoms with Crippen LogP contribution in [-0.4, -0.2) is 27.3 Å². The van der Waals surface area contributed by atoms with E-state index < -0.39 is 12.0 Å². The Kier molecular flexibility index (Phi) is 4.75. The van der Waals surface area contributed by atoms with Gasteiger partial charge in [0, 0.05) is 11.8 Å². The molecule has 9 nitrogen and oxygen atoms in total. The maximum Gasteiger partial charge on any atom is 0.263 e. The van der Waals surface area contributed by atoms with Gasteiger partial charge in [0.25, 0.3) is 11.7 Å². The first kappa shape index (κ1) is 19.3. The summed E-state index contributed by atoms with van der Waals surface area (Å²) in [4.78, 5) is 20.4. The number of hydrogen-bond acceptors (Lipinski definition) is 6. The van der Waals surface area contributed by atoms with E-state index in [1.54, 1.807) is 19.2 Å². The predicted molar refractivity (Wildman–Crippen MR) is 111 cm³/mol. The van der Waals surface area contributed by atoms with Crippen LogP contribution in [0.3, 0.4) is 0 Å². The molecule has 3 N–H and O–H groups in total. The zero-order valence-electron chi connectivity index (χ0n) is 16.8. The first-order chi connectivity index (χ1) is 14.4. The molecule has 0 fully saturated rings. The maximum atomic E-state index is 12.6. The summed E-state index contributed by atoms with van der Waals surface area (Å²) in [6.07, 6.45) is 1.11. The topological polar surface area (TPSA) is 109 Å². The van der Waals surface area contributed by atoms with Crippen molar-refractivity contribution in [2.45, 2.75) is 20.0 Å². The van der Waals surface area contributed by atoms with Crippen LogP contribution in [0.2, 0.25) is 0 Å². The van der Waals surface area contributed by atoms with Crippen LogP contribution in [0.4, 0.5) is 17.5 Å². The van der Waals surface area contributed by atoms with Crippen molar-refractivity contribution in [2.75, 3.05) is 17.7 Å². The van der Waals surface area contributed by atoms with E-state index in [1.165, 1.54) is 10.9 Å². The highest BCUT2D eigenvalue weighted by atomic mass is 16.5. The molecule has 2 bridgehead atoms. The molecule has 3 aromatic rings. The molecule has 4 rings (SSSR count). The summed E-state index contributed by atoms with van der Waals surface area (Å²) in [6, 6.07) is 7.35. The number of nitrogens with two attached hydrogens (primary N) is 1. The number of aryl methyl sites for hydroxylation is 2. The Morgan fingerprint density at radius 2 is 2.13 bits per heavy atom. The SMILES string of the molecule is [C-]#[N+]c1c2c(nn1C)NC(=O)COc1ccc(C)cc1[C@@H](C)Oc1cc-2cnc1N. The molecule has 0 aliphatic carbocycles. The molecule has 0 spiro atoms. The second-order valence-electron chi connectivity index (χ2n) is 7.03. The van der Waals surface area contributed by atoms with Crippen LogP contribution in [-0.2, 0) is 11.8 Å². The summed E-state index contributed by atoms with van der Waals surface area (Å²) in [5.74, 6) is 1.22. The third-order valence-corrected chi connectivity index (χ3v) is 4.82. The van der Waals surface area contributed by atoms with E-state index in [4.69, 9.17) is 21.8 Å². The molecule has 1 aliphatic rings. The number of aromatic nitrogens is 3. The third-order valence-electron chi connectivity index (χ3n) is 4.82. The third kappa shape index (κ3) is 3.39. The first-order valence-corrected chi connectivity index (χ1v) is 9.27. The van der Waals surface area contributed by atoms with Gasteiger partial charge in [-0.05, 0) is 37.6 Å². The van der Waals surface area contributed by atoms with Crippen molar-refractivity contribution in [3.05, 3.63) is 53.0 Å². The summed E-state index contributed by atoms with van der Waals surface area (Å²) in [5.41, 5.74) is 8.87. The van der Waals surface area contributed by atoms with Crippen LogP contribution in [0.15, 0.2) is 30.5 Å². The second kappa shape index (κ2) is 7.40. The number of nitrogen functional groups attached to an aromatic ring is 1. The van der Waals surface area contributed by atoms with Crippen LogP contribution >= 0.6 is 0 Å². The number of carbonyl (C=O) groups excluding carboxylic acids is 1. The van der Waals surface area contributed by atoms with Crippen LogP contribution in [0.1, 0.15) is 24.2 Å². The average Bonchev–Trinajstić information content (AvgIpc) is 3.02. The van der Waals surface area contributed by atoms with Gasteiger partial charge in [-0.15, -0.1) is 0 Å². The van der Waals surface area contributed by atoms with E-state index in [0.29, 0.717) is 22.6 Å². The highest BCUT2D eigenvalue weighted by Gasteiger charge is 2.24. The predicted octanol–water partition coefficient (Wildman–Crippen LogP) is 3.39.